The van der Waals surface area contributed by atoms with Crippen LogP contribution in [0.3, 0.4) is 0 Å². The van der Waals surface area contributed by atoms with Gasteiger partial charge in [-0.15, -0.1) is 0 Å². The molecule has 2 N–H and O–H groups in total. The van der Waals surface area contributed by atoms with E-state index in [0.29, 0.717) is 11.1 Å². The lowest BCUT2D eigenvalue weighted by molar-refractivity contribution is -0.142. The molecule has 0 saturated carbocycles. The zero-order chi connectivity index (χ0) is 21.9. The van der Waals surface area contributed by atoms with Crippen LogP contribution in [0.2, 0.25) is 0 Å². The highest BCUT2D eigenvalue weighted by atomic mass is 79.9. The summed E-state index contributed by atoms with van der Waals surface area (Å²) in [5.41, 5.74) is -0.0167. The topological polar surface area (TPSA) is 95.9 Å². The Labute approximate surface area is 183 Å². The second-order valence-electron chi connectivity index (χ2n) is 7.50. The van der Waals surface area contributed by atoms with Crippen LogP contribution in [-0.2, 0) is 20.7 Å². The monoisotopic (exact) mass is 474 g/mol. The summed E-state index contributed by atoms with van der Waals surface area (Å²) in [7, 11) is 1.54. The molecule has 0 bridgehead atoms. The molecule has 158 valence electrons. The summed E-state index contributed by atoms with van der Waals surface area (Å²) in [6.45, 7) is 1.71. The highest BCUT2D eigenvalue weighted by Gasteiger charge is 2.45. The van der Waals surface area contributed by atoms with Crippen molar-refractivity contribution in [2.24, 2.45) is 0 Å². The fourth-order valence-corrected chi connectivity index (χ4v) is 3.73. The Kier molecular flexibility index (Phi) is 6.58. The number of amides is 2. The summed E-state index contributed by atoms with van der Waals surface area (Å²) in [5.74, 6) is -0.949. The first kappa shape index (κ1) is 22.0. The minimum Gasteiger partial charge on any atom is -0.508 e. The first-order chi connectivity index (χ1) is 14.2. The normalized spacial score (nSPS) is 19.4. The van der Waals surface area contributed by atoms with Gasteiger partial charge in [0.2, 0.25) is 5.91 Å². The Morgan fingerprint density at radius 2 is 2.00 bits per heavy atom. The first-order valence-corrected chi connectivity index (χ1v) is 10.2. The maximum Gasteiger partial charge on any atom is 0.251 e. The van der Waals surface area contributed by atoms with Gasteiger partial charge in [0.05, 0.1) is 6.61 Å². The molecule has 3 rings (SSSR count). The van der Waals surface area contributed by atoms with Crippen molar-refractivity contribution in [2.45, 2.75) is 24.9 Å². The molecule has 2 unspecified atom stereocenters. The fourth-order valence-electron chi connectivity index (χ4n) is 3.33. The maximum absolute atomic E-state index is 13.3. The van der Waals surface area contributed by atoms with Crippen molar-refractivity contribution in [1.29, 1.82) is 0 Å². The number of hydrogen-bond donors (Lipinski definition) is 2. The third-order valence-corrected chi connectivity index (χ3v) is 5.82. The molecule has 2 atom stereocenters. The minimum atomic E-state index is -1.09. The molecule has 1 aliphatic heterocycles. The van der Waals surface area contributed by atoms with E-state index < -0.39 is 23.4 Å². The molecule has 0 spiro atoms. The number of Topliss-reactive ketones (excluding diaryl/α,β-unsaturated/α-hetero) is 1. The molecular weight excluding hydrogens is 452 g/mol. The lowest BCUT2D eigenvalue weighted by Gasteiger charge is -2.35. The van der Waals surface area contributed by atoms with Gasteiger partial charge in [-0.1, -0.05) is 34.1 Å². The molecular formula is C22H23BrN2O5. The van der Waals surface area contributed by atoms with Crippen LogP contribution in [0.25, 0.3) is 0 Å². The van der Waals surface area contributed by atoms with E-state index in [1.54, 1.807) is 43.3 Å². The van der Waals surface area contributed by atoms with E-state index in [1.807, 2.05) is 0 Å². The summed E-state index contributed by atoms with van der Waals surface area (Å²) >= 11 is 3.33. The van der Waals surface area contributed by atoms with Gasteiger partial charge < -0.3 is 20.1 Å². The minimum absolute atomic E-state index is 0.0459. The Morgan fingerprint density at radius 3 is 2.63 bits per heavy atom. The molecule has 1 fully saturated rings. The number of likely N-dealkylation sites (N-methyl/N-ethyl adjacent to an activating group) is 1. The summed E-state index contributed by atoms with van der Waals surface area (Å²) in [6, 6.07) is 12.4. The third-order valence-electron chi connectivity index (χ3n) is 5.33. The van der Waals surface area contributed by atoms with Gasteiger partial charge in [-0.05, 0) is 42.8 Å². The zero-order valence-electron chi connectivity index (χ0n) is 16.7. The van der Waals surface area contributed by atoms with Crippen molar-refractivity contribution in [1.82, 2.24) is 10.2 Å². The van der Waals surface area contributed by atoms with Crippen LogP contribution in [0.5, 0.6) is 5.75 Å². The molecule has 7 nitrogen and oxygen atoms in total. The van der Waals surface area contributed by atoms with Crippen LogP contribution in [-0.4, -0.2) is 59.4 Å². The number of ether oxygens (including phenoxy) is 1. The molecule has 30 heavy (non-hydrogen) atoms. The highest BCUT2D eigenvalue weighted by molar-refractivity contribution is 9.10. The molecule has 1 aliphatic rings. The average molecular weight is 475 g/mol. The van der Waals surface area contributed by atoms with Crippen LogP contribution in [0.4, 0.5) is 0 Å². The first-order valence-electron chi connectivity index (χ1n) is 9.44. The SMILES string of the molecule is CN(C(=O)C(Cc1cccc(O)c1)NC(=O)c1cccc(Br)c1)C1(C)COCC1=O. The van der Waals surface area contributed by atoms with Gasteiger partial charge >= 0.3 is 0 Å². The van der Waals surface area contributed by atoms with Gasteiger partial charge in [-0.2, -0.15) is 0 Å². The van der Waals surface area contributed by atoms with Crippen LogP contribution in [0.1, 0.15) is 22.8 Å². The van der Waals surface area contributed by atoms with E-state index in [9.17, 15) is 19.5 Å². The Balaban J connectivity index is 1.87. The molecule has 1 heterocycles. The number of nitrogens with one attached hydrogen (secondary N) is 1. The van der Waals surface area contributed by atoms with Crippen molar-refractivity contribution in [3.05, 3.63) is 64.1 Å². The molecule has 2 amide bonds. The largest absolute Gasteiger partial charge is 0.508 e. The molecule has 8 heteroatoms. The lowest BCUT2D eigenvalue weighted by atomic mass is 9.95. The van der Waals surface area contributed by atoms with Crippen molar-refractivity contribution in [2.75, 3.05) is 20.3 Å². The number of ketones is 1. The number of phenols is 1. The number of hydrogen-bond acceptors (Lipinski definition) is 5. The zero-order valence-corrected chi connectivity index (χ0v) is 18.3. The number of halogens is 1. The van der Waals surface area contributed by atoms with E-state index in [-0.39, 0.29) is 31.2 Å². The molecule has 2 aromatic rings. The number of benzene rings is 2. The predicted octanol–water partition coefficient (Wildman–Crippen LogP) is 2.31. The summed E-state index contributed by atoms with van der Waals surface area (Å²) in [6.07, 6.45) is 0.155. The average Bonchev–Trinajstić information content (AvgIpc) is 3.06. The summed E-state index contributed by atoms with van der Waals surface area (Å²) < 4.78 is 5.99. The predicted molar refractivity (Wildman–Crippen MR) is 114 cm³/mol. The van der Waals surface area contributed by atoms with E-state index in [4.69, 9.17) is 4.74 Å². The molecule has 0 aliphatic carbocycles. The van der Waals surface area contributed by atoms with Gasteiger partial charge in [-0.3, -0.25) is 14.4 Å². The van der Waals surface area contributed by atoms with Crippen LogP contribution in [0.15, 0.2) is 53.0 Å². The fraction of sp³-hybridized carbons (Fsp3) is 0.318. The van der Waals surface area contributed by atoms with Gasteiger partial charge in [0.15, 0.2) is 5.78 Å². The van der Waals surface area contributed by atoms with E-state index in [0.717, 1.165) is 4.47 Å². The molecule has 2 aromatic carbocycles. The Morgan fingerprint density at radius 1 is 1.27 bits per heavy atom. The van der Waals surface area contributed by atoms with Gasteiger partial charge in [0.25, 0.3) is 5.91 Å². The second-order valence-corrected chi connectivity index (χ2v) is 8.41. The standard InChI is InChI=1S/C22H23BrN2O5/c1-22(13-30-12-19(22)27)25(2)21(29)18(10-14-5-3-8-17(26)9-14)24-20(28)15-6-4-7-16(23)11-15/h3-9,11,18,26H,10,12-13H2,1-2H3,(H,24,28). The van der Waals surface area contributed by atoms with Crippen molar-refractivity contribution in [3.63, 3.8) is 0 Å². The van der Waals surface area contributed by atoms with Crippen molar-refractivity contribution >= 4 is 33.5 Å². The van der Waals surface area contributed by atoms with Crippen LogP contribution >= 0.6 is 15.9 Å². The lowest BCUT2D eigenvalue weighted by Crippen LogP contribution is -2.58. The Hall–Kier alpha value is -2.71. The maximum atomic E-state index is 13.3. The molecule has 0 aromatic heterocycles. The number of nitrogens with zero attached hydrogens (tertiary/aromatic N) is 1. The molecule has 0 radical (unpaired) electrons. The quantitative estimate of drug-likeness (QED) is 0.669. The van der Waals surface area contributed by atoms with Gasteiger partial charge in [0, 0.05) is 23.5 Å². The number of carbonyl (C=O) groups is 3. The second kappa shape index (κ2) is 8.97. The van der Waals surface area contributed by atoms with Crippen LogP contribution in [0, 0.1) is 0 Å². The van der Waals surface area contributed by atoms with Gasteiger partial charge in [-0.25, -0.2) is 0 Å². The highest BCUT2D eigenvalue weighted by Crippen LogP contribution is 2.23. The summed E-state index contributed by atoms with van der Waals surface area (Å²) in [4.78, 5) is 39.8. The van der Waals surface area contributed by atoms with E-state index >= 15 is 0 Å². The van der Waals surface area contributed by atoms with E-state index in [1.165, 1.54) is 24.1 Å². The molecule has 1 saturated heterocycles. The summed E-state index contributed by atoms with van der Waals surface area (Å²) in [5, 5.41) is 12.5. The van der Waals surface area contributed by atoms with Crippen molar-refractivity contribution in [3.8, 4) is 5.75 Å². The third kappa shape index (κ3) is 4.71. The van der Waals surface area contributed by atoms with Crippen molar-refractivity contribution < 1.29 is 24.2 Å². The van der Waals surface area contributed by atoms with E-state index in [2.05, 4.69) is 21.2 Å². The Bertz CT molecular complexity index is 980. The number of carbonyl (C=O) groups excluding carboxylic acids is 3. The smallest absolute Gasteiger partial charge is 0.251 e. The number of aromatic hydroxyl groups is 1. The number of phenolic OH excluding ortho intramolecular Hbond substituents is 1. The van der Waals surface area contributed by atoms with Gasteiger partial charge in [0.1, 0.15) is 23.9 Å². The van der Waals surface area contributed by atoms with Crippen LogP contribution < -0.4 is 5.32 Å². The number of rotatable bonds is 6.